The van der Waals surface area contributed by atoms with Crippen molar-refractivity contribution in [2.75, 3.05) is 31.1 Å². The van der Waals surface area contributed by atoms with Crippen LogP contribution in [0.25, 0.3) is 5.78 Å². The number of amides is 1. The quantitative estimate of drug-likeness (QED) is 0.480. The molecule has 0 radical (unpaired) electrons. The van der Waals surface area contributed by atoms with Crippen LogP contribution in [0.4, 0.5) is 14.6 Å². The number of halogens is 2. The van der Waals surface area contributed by atoms with E-state index in [4.69, 9.17) is 0 Å². The van der Waals surface area contributed by atoms with Crippen LogP contribution < -0.4 is 4.90 Å². The van der Waals surface area contributed by atoms with Crippen molar-refractivity contribution in [2.24, 2.45) is 0 Å². The number of fused-ring (bicyclic) bond motifs is 1. The monoisotopic (exact) mass is 448 g/mol. The van der Waals surface area contributed by atoms with Crippen molar-refractivity contribution in [1.82, 2.24) is 24.5 Å². The van der Waals surface area contributed by atoms with Crippen LogP contribution in [0.3, 0.4) is 0 Å². The molecule has 168 valence electrons. The molecule has 4 aromatic rings. The fraction of sp³-hybridized carbons (Fsp3) is 0.250. The van der Waals surface area contributed by atoms with Gasteiger partial charge in [0, 0.05) is 49.4 Å². The Labute approximate surface area is 189 Å². The Hall–Kier alpha value is -3.88. The first kappa shape index (κ1) is 21.0. The molecule has 0 atom stereocenters. The van der Waals surface area contributed by atoms with Gasteiger partial charge in [0.25, 0.3) is 11.7 Å². The van der Waals surface area contributed by atoms with Gasteiger partial charge in [-0.3, -0.25) is 4.79 Å². The Morgan fingerprint density at radius 1 is 1.00 bits per heavy atom. The minimum absolute atomic E-state index is 0.144. The molecule has 0 bridgehead atoms. The van der Waals surface area contributed by atoms with Gasteiger partial charge >= 0.3 is 0 Å². The van der Waals surface area contributed by atoms with Crippen LogP contribution in [-0.4, -0.2) is 56.6 Å². The number of aromatic nitrogens is 4. The van der Waals surface area contributed by atoms with Gasteiger partial charge in [0.05, 0.1) is 0 Å². The highest BCUT2D eigenvalue weighted by Gasteiger charge is 2.27. The van der Waals surface area contributed by atoms with Gasteiger partial charge in [0.15, 0.2) is 11.6 Å². The van der Waals surface area contributed by atoms with Crippen LogP contribution in [0.1, 0.15) is 27.2 Å². The molecule has 0 N–H and O–H groups in total. The maximum Gasteiger partial charge on any atom is 0.254 e. The Bertz CT molecular complexity index is 1320. The molecule has 7 nitrogen and oxygen atoms in total. The number of carbonyl (C=O) groups is 1. The summed E-state index contributed by atoms with van der Waals surface area (Å²) in [6.07, 6.45) is 2.18. The topological polar surface area (TPSA) is 66.6 Å². The van der Waals surface area contributed by atoms with Gasteiger partial charge in [-0.1, -0.05) is 30.3 Å². The lowest BCUT2D eigenvalue weighted by molar-refractivity contribution is 0.0745. The number of carbonyl (C=O) groups excluding carboxylic acids is 1. The van der Waals surface area contributed by atoms with E-state index in [0.717, 1.165) is 34.8 Å². The predicted molar refractivity (Wildman–Crippen MR) is 119 cm³/mol. The summed E-state index contributed by atoms with van der Waals surface area (Å²) in [5, 5.41) is 4.40. The normalized spacial score (nSPS) is 14.2. The number of hydrogen-bond donors (Lipinski definition) is 0. The van der Waals surface area contributed by atoms with Crippen LogP contribution in [-0.2, 0) is 6.42 Å². The summed E-state index contributed by atoms with van der Waals surface area (Å²) in [5.74, 6) is -0.855. The molecule has 3 heterocycles. The van der Waals surface area contributed by atoms with Gasteiger partial charge < -0.3 is 9.80 Å². The summed E-state index contributed by atoms with van der Waals surface area (Å²) >= 11 is 0. The molecule has 0 aliphatic carbocycles. The summed E-state index contributed by atoms with van der Waals surface area (Å²) in [5.41, 5.74) is 3.25. The van der Waals surface area contributed by atoms with Crippen molar-refractivity contribution in [2.45, 2.75) is 13.3 Å². The van der Waals surface area contributed by atoms with Crippen molar-refractivity contribution in [3.05, 3.63) is 88.9 Å². The highest BCUT2D eigenvalue weighted by molar-refractivity contribution is 5.94. The third kappa shape index (κ3) is 4.02. The largest absolute Gasteiger partial charge is 0.353 e. The molecule has 1 fully saturated rings. The van der Waals surface area contributed by atoms with Gasteiger partial charge in [0.2, 0.25) is 0 Å². The number of aryl methyl sites for hydroxylation is 1. The van der Waals surface area contributed by atoms with E-state index in [1.54, 1.807) is 9.42 Å². The Balaban J connectivity index is 1.42. The second kappa shape index (κ2) is 8.57. The summed E-state index contributed by atoms with van der Waals surface area (Å²) in [7, 11) is 0. The van der Waals surface area contributed by atoms with Crippen LogP contribution in [0.2, 0.25) is 0 Å². The molecule has 2 aromatic carbocycles. The molecule has 9 heteroatoms. The fourth-order valence-electron chi connectivity index (χ4n) is 4.23. The predicted octanol–water partition coefficient (Wildman–Crippen LogP) is 3.26. The molecule has 1 saturated heterocycles. The van der Waals surface area contributed by atoms with Crippen LogP contribution >= 0.6 is 0 Å². The molecule has 0 saturated carbocycles. The van der Waals surface area contributed by atoms with Crippen LogP contribution in [0.5, 0.6) is 0 Å². The zero-order chi connectivity index (χ0) is 22.9. The zero-order valence-electron chi connectivity index (χ0n) is 18.1. The van der Waals surface area contributed by atoms with Crippen LogP contribution in [0.15, 0.2) is 54.9 Å². The molecule has 5 rings (SSSR count). The average molecular weight is 448 g/mol. The summed E-state index contributed by atoms with van der Waals surface area (Å²) in [4.78, 5) is 25.5. The standard InChI is InChI=1S/C24H22F2N6O/c1-16-19(13-17-5-3-2-4-6-17)22(32-24(29-16)27-15-28-32)30-9-11-31(12-10-30)23(33)18-7-8-20(25)21(26)14-18/h2-8,14-15H,9-13H2,1H3. The SMILES string of the molecule is Cc1nc2ncnn2c(N2CCN(C(=O)c3ccc(F)c(F)c3)CC2)c1Cc1ccccc1. The Morgan fingerprint density at radius 3 is 2.48 bits per heavy atom. The van der Waals surface area contributed by atoms with Gasteiger partial charge in [-0.05, 0) is 30.7 Å². The second-order valence-corrected chi connectivity index (χ2v) is 8.04. The van der Waals surface area contributed by atoms with E-state index in [2.05, 4.69) is 32.1 Å². The third-order valence-electron chi connectivity index (χ3n) is 5.96. The number of piperazine rings is 1. The number of rotatable bonds is 4. The summed E-state index contributed by atoms with van der Waals surface area (Å²) in [6.45, 7) is 3.99. The molecule has 2 aromatic heterocycles. The first-order chi connectivity index (χ1) is 16.0. The minimum Gasteiger partial charge on any atom is -0.353 e. The summed E-state index contributed by atoms with van der Waals surface area (Å²) < 4.78 is 28.6. The molecule has 33 heavy (non-hydrogen) atoms. The van der Waals surface area contributed by atoms with Crippen molar-refractivity contribution in [1.29, 1.82) is 0 Å². The first-order valence-corrected chi connectivity index (χ1v) is 10.7. The van der Waals surface area contributed by atoms with E-state index < -0.39 is 11.6 Å². The molecule has 0 spiro atoms. The highest BCUT2D eigenvalue weighted by atomic mass is 19.2. The van der Waals surface area contributed by atoms with E-state index in [1.165, 1.54) is 12.4 Å². The van der Waals surface area contributed by atoms with Gasteiger partial charge in [-0.15, -0.1) is 0 Å². The maximum atomic E-state index is 13.6. The van der Waals surface area contributed by atoms with Crippen molar-refractivity contribution < 1.29 is 13.6 Å². The van der Waals surface area contributed by atoms with Gasteiger partial charge in [0.1, 0.15) is 12.1 Å². The number of anilines is 1. The molecule has 1 aliphatic heterocycles. The Morgan fingerprint density at radius 2 is 1.76 bits per heavy atom. The van der Waals surface area contributed by atoms with Crippen molar-refractivity contribution >= 4 is 17.5 Å². The van der Waals surface area contributed by atoms with Crippen molar-refractivity contribution in [3.63, 3.8) is 0 Å². The first-order valence-electron chi connectivity index (χ1n) is 10.7. The van der Waals surface area contributed by atoms with E-state index in [1.807, 2.05) is 25.1 Å². The molecule has 0 unspecified atom stereocenters. The van der Waals surface area contributed by atoms with Crippen LogP contribution in [0, 0.1) is 18.6 Å². The van der Waals surface area contributed by atoms with Gasteiger partial charge in [-0.2, -0.15) is 14.6 Å². The number of nitrogens with zero attached hydrogens (tertiary/aromatic N) is 6. The molecule has 1 amide bonds. The fourth-order valence-corrected chi connectivity index (χ4v) is 4.23. The minimum atomic E-state index is -1.02. The molecular weight excluding hydrogens is 426 g/mol. The average Bonchev–Trinajstić information content (AvgIpc) is 3.29. The lowest BCUT2D eigenvalue weighted by Gasteiger charge is -2.37. The Kier molecular flexibility index (Phi) is 5.45. The number of benzene rings is 2. The van der Waals surface area contributed by atoms with E-state index in [9.17, 15) is 13.6 Å². The number of hydrogen-bond acceptors (Lipinski definition) is 5. The van der Waals surface area contributed by atoms with E-state index >= 15 is 0 Å². The lowest BCUT2D eigenvalue weighted by atomic mass is 10.0. The third-order valence-corrected chi connectivity index (χ3v) is 5.96. The summed E-state index contributed by atoms with van der Waals surface area (Å²) in [6, 6.07) is 13.4. The molecular formula is C24H22F2N6O. The maximum absolute atomic E-state index is 13.6. The van der Waals surface area contributed by atoms with E-state index in [-0.39, 0.29) is 11.5 Å². The highest BCUT2D eigenvalue weighted by Crippen LogP contribution is 2.27. The molecule has 1 aliphatic rings. The van der Waals surface area contributed by atoms with Gasteiger partial charge in [-0.25, -0.2) is 13.8 Å². The second-order valence-electron chi connectivity index (χ2n) is 8.04. The van der Waals surface area contributed by atoms with E-state index in [0.29, 0.717) is 38.4 Å². The lowest BCUT2D eigenvalue weighted by Crippen LogP contribution is -2.49. The van der Waals surface area contributed by atoms with Crippen molar-refractivity contribution in [3.8, 4) is 0 Å². The zero-order valence-corrected chi connectivity index (χ0v) is 18.1. The smallest absolute Gasteiger partial charge is 0.254 e.